The topological polar surface area (TPSA) is 75.7 Å². The predicted molar refractivity (Wildman–Crippen MR) is 114 cm³/mol. The Bertz CT molecular complexity index is 971. The van der Waals surface area contributed by atoms with E-state index in [9.17, 15) is 17.6 Å². The molecule has 1 saturated heterocycles. The van der Waals surface area contributed by atoms with Crippen molar-refractivity contribution in [3.05, 3.63) is 53.8 Å². The van der Waals surface area contributed by atoms with Gasteiger partial charge in [-0.25, -0.2) is 12.8 Å². The second kappa shape index (κ2) is 10.0. The van der Waals surface area contributed by atoms with Crippen molar-refractivity contribution in [2.45, 2.75) is 43.9 Å². The third-order valence-electron chi connectivity index (χ3n) is 5.03. The second-order valence-electron chi connectivity index (χ2n) is 7.24. The number of nitrogens with zero attached hydrogens (tertiary/aromatic N) is 1. The SMILES string of the molecule is CCOc1ccc(NC(=O)CCc2ccc(S(=O)(=O)N3CCCCC3)cc2)cc1F. The van der Waals surface area contributed by atoms with Crippen LogP contribution in [0.25, 0.3) is 0 Å². The standard InChI is InChI=1S/C22H27FN2O4S/c1-2-29-21-12-9-18(16-20(21)23)24-22(26)13-8-17-6-10-19(11-7-17)30(27,28)25-14-4-3-5-15-25/h6-7,9-12,16H,2-5,8,13-15H2,1H3,(H,24,26). The van der Waals surface area contributed by atoms with Crippen LogP contribution >= 0.6 is 0 Å². The molecule has 30 heavy (non-hydrogen) atoms. The van der Waals surface area contributed by atoms with Crippen LogP contribution in [0.3, 0.4) is 0 Å². The fraction of sp³-hybridized carbons (Fsp3) is 0.409. The molecule has 1 amide bonds. The van der Waals surface area contributed by atoms with Gasteiger partial charge < -0.3 is 10.1 Å². The number of nitrogens with one attached hydrogen (secondary N) is 1. The molecule has 0 spiro atoms. The molecule has 0 saturated carbocycles. The van der Waals surface area contributed by atoms with Crippen molar-refractivity contribution in [3.63, 3.8) is 0 Å². The predicted octanol–water partition coefficient (Wildman–Crippen LogP) is 3.97. The third-order valence-corrected chi connectivity index (χ3v) is 6.95. The maximum atomic E-state index is 13.9. The number of sulfonamides is 1. The first kappa shape index (κ1) is 22.2. The molecular formula is C22H27FN2O4S. The Labute approximate surface area is 177 Å². The number of benzene rings is 2. The van der Waals surface area contributed by atoms with Gasteiger partial charge in [0.1, 0.15) is 0 Å². The van der Waals surface area contributed by atoms with Crippen LogP contribution in [0.5, 0.6) is 5.75 Å². The molecule has 0 aliphatic carbocycles. The Balaban J connectivity index is 1.54. The highest BCUT2D eigenvalue weighted by molar-refractivity contribution is 7.89. The molecule has 1 N–H and O–H groups in total. The highest BCUT2D eigenvalue weighted by Crippen LogP contribution is 2.22. The van der Waals surface area contributed by atoms with E-state index in [-0.39, 0.29) is 23.0 Å². The number of hydrogen-bond acceptors (Lipinski definition) is 4. The van der Waals surface area contributed by atoms with Crippen molar-refractivity contribution in [2.75, 3.05) is 25.0 Å². The van der Waals surface area contributed by atoms with Gasteiger partial charge in [-0.2, -0.15) is 4.31 Å². The van der Waals surface area contributed by atoms with Crippen molar-refractivity contribution in [1.29, 1.82) is 0 Å². The maximum absolute atomic E-state index is 13.9. The van der Waals surface area contributed by atoms with E-state index in [0.29, 0.717) is 31.8 Å². The number of rotatable bonds is 8. The quantitative estimate of drug-likeness (QED) is 0.682. The van der Waals surface area contributed by atoms with E-state index in [4.69, 9.17) is 4.74 Å². The molecule has 1 fully saturated rings. The van der Waals surface area contributed by atoms with Gasteiger partial charge in [0.25, 0.3) is 0 Å². The molecule has 0 bridgehead atoms. The lowest BCUT2D eigenvalue weighted by Crippen LogP contribution is -2.35. The van der Waals surface area contributed by atoms with E-state index in [2.05, 4.69) is 5.32 Å². The number of halogens is 1. The summed E-state index contributed by atoms with van der Waals surface area (Å²) in [6, 6.07) is 11.0. The zero-order valence-electron chi connectivity index (χ0n) is 17.1. The molecule has 3 rings (SSSR count). The molecule has 8 heteroatoms. The van der Waals surface area contributed by atoms with Gasteiger partial charge in [0.2, 0.25) is 15.9 Å². The van der Waals surface area contributed by atoms with Crippen molar-refractivity contribution < 1.29 is 22.3 Å². The van der Waals surface area contributed by atoms with Gasteiger partial charge in [-0.1, -0.05) is 18.6 Å². The molecule has 1 aliphatic rings. The van der Waals surface area contributed by atoms with Gasteiger partial charge in [-0.15, -0.1) is 0 Å². The minimum Gasteiger partial charge on any atom is -0.491 e. The zero-order chi connectivity index (χ0) is 21.6. The van der Waals surface area contributed by atoms with E-state index < -0.39 is 15.8 Å². The van der Waals surface area contributed by atoms with Crippen LogP contribution in [0.2, 0.25) is 0 Å². The lowest BCUT2D eigenvalue weighted by atomic mass is 10.1. The minimum atomic E-state index is -3.45. The number of carbonyl (C=O) groups excluding carboxylic acids is 1. The normalized spacial score (nSPS) is 15.0. The Morgan fingerprint density at radius 3 is 2.43 bits per heavy atom. The van der Waals surface area contributed by atoms with Gasteiger partial charge in [-0.3, -0.25) is 4.79 Å². The van der Waals surface area contributed by atoms with E-state index in [1.807, 2.05) is 0 Å². The van der Waals surface area contributed by atoms with Crippen LogP contribution in [0.15, 0.2) is 47.4 Å². The number of carbonyl (C=O) groups is 1. The van der Waals surface area contributed by atoms with Gasteiger partial charge >= 0.3 is 0 Å². The summed E-state index contributed by atoms with van der Waals surface area (Å²) in [4.78, 5) is 12.5. The summed E-state index contributed by atoms with van der Waals surface area (Å²) in [5.74, 6) is -0.626. The van der Waals surface area contributed by atoms with E-state index >= 15 is 0 Å². The summed E-state index contributed by atoms with van der Waals surface area (Å²) in [6.07, 6.45) is 3.51. The monoisotopic (exact) mass is 434 g/mol. The minimum absolute atomic E-state index is 0.148. The van der Waals surface area contributed by atoms with Crippen LogP contribution in [0.1, 0.15) is 38.2 Å². The van der Waals surface area contributed by atoms with E-state index in [0.717, 1.165) is 24.8 Å². The molecule has 2 aromatic carbocycles. The summed E-state index contributed by atoms with van der Waals surface area (Å²) in [5.41, 5.74) is 1.23. The summed E-state index contributed by atoms with van der Waals surface area (Å²) < 4.78 is 45.9. The van der Waals surface area contributed by atoms with Crippen molar-refractivity contribution >= 4 is 21.6 Å². The van der Waals surface area contributed by atoms with Crippen molar-refractivity contribution in [2.24, 2.45) is 0 Å². The molecule has 0 atom stereocenters. The largest absolute Gasteiger partial charge is 0.491 e. The first-order valence-corrected chi connectivity index (χ1v) is 11.7. The number of aryl methyl sites for hydroxylation is 1. The van der Waals surface area contributed by atoms with Crippen molar-refractivity contribution in [1.82, 2.24) is 4.31 Å². The Morgan fingerprint density at radius 2 is 1.80 bits per heavy atom. The first-order valence-electron chi connectivity index (χ1n) is 10.2. The number of hydrogen-bond donors (Lipinski definition) is 1. The van der Waals surface area contributed by atoms with Crippen LogP contribution in [0.4, 0.5) is 10.1 Å². The third kappa shape index (κ3) is 5.58. The van der Waals surface area contributed by atoms with Gasteiger partial charge in [0.05, 0.1) is 11.5 Å². The molecule has 1 heterocycles. The number of piperidine rings is 1. The van der Waals surface area contributed by atoms with Crippen LogP contribution in [-0.4, -0.2) is 38.3 Å². The fourth-order valence-electron chi connectivity index (χ4n) is 3.41. The van der Waals surface area contributed by atoms with Crippen molar-refractivity contribution in [3.8, 4) is 5.75 Å². The van der Waals surface area contributed by atoms with Crippen LogP contribution in [-0.2, 0) is 21.2 Å². The highest BCUT2D eigenvalue weighted by atomic mass is 32.2. The Kier molecular flexibility index (Phi) is 7.44. The molecule has 1 aliphatic heterocycles. The average Bonchev–Trinajstić information content (AvgIpc) is 2.75. The number of ether oxygens (including phenoxy) is 1. The van der Waals surface area contributed by atoms with E-state index in [1.54, 1.807) is 37.3 Å². The van der Waals surface area contributed by atoms with Gasteiger partial charge in [0.15, 0.2) is 11.6 Å². The zero-order valence-corrected chi connectivity index (χ0v) is 17.9. The summed E-state index contributed by atoms with van der Waals surface area (Å²) in [5, 5.41) is 2.66. The Morgan fingerprint density at radius 1 is 1.10 bits per heavy atom. The smallest absolute Gasteiger partial charge is 0.243 e. The summed E-state index contributed by atoms with van der Waals surface area (Å²) >= 11 is 0. The first-order chi connectivity index (χ1) is 14.4. The molecule has 2 aromatic rings. The summed E-state index contributed by atoms with van der Waals surface area (Å²) in [7, 11) is -3.45. The highest BCUT2D eigenvalue weighted by Gasteiger charge is 2.25. The van der Waals surface area contributed by atoms with E-state index in [1.165, 1.54) is 16.4 Å². The fourth-order valence-corrected chi connectivity index (χ4v) is 4.93. The molecule has 0 unspecified atom stereocenters. The lowest BCUT2D eigenvalue weighted by Gasteiger charge is -2.25. The average molecular weight is 435 g/mol. The summed E-state index contributed by atoms with van der Waals surface area (Å²) in [6.45, 7) is 3.26. The second-order valence-corrected chi connectivity index (χ2v) is 9.17. The molecule has 0 radical (unpaired) electrons. The van der Waals surface area contributed by atoms with Gasteiger partial charge in [-0.05, 0) is 56.0 Å². The van der Waals surface area contributed by atoms with Gasteiger partial charge in [0, 0.05) is 31.3 Å². The molecule has 6 nitrogen and oxygen atoms in total. The van der Waals surface area contributed by atoms with Crippen LogP contribution in [0, 0.1) is 5.82 Å². The lowest BCUT2D eigenvalue weighted by molar-refractivity contribution is -0.116. The maximum Gasteiger partial charge on any atom is 0.243 e. The van der Waals surface area contributed by atoms with Crippen LogP contribution < -0.4 is 10.1 Å². The number of amides is 1. The number of anilines is 1. The Hall–Kier alpha value is -2.45. The molecule has 162 valence electrons. The molecular weight excluding hydrogens is 407 g/mol. The molecule has 0 aromatic heterocycles.